The Morgan fingerprint density at radius 3 is 3.00 bits per heavy atom. The van der Waals surface area contributed by atoms with Crippen molar-refractivity contribution in [3.63, 3.8) is 0 Å². The van der Waals surface area contributed by atoms with Crippen molar-refractivity contribution < 1.29 is 9.26 Å². The lowest BCUT2D eigenvalue weighted by atomic mass is 10.1. The van der Waals surface area contributed by atoms with Crippen LogP contribution in [0.15, 0.2) is 27.5 Å². The molecule has 0 bridgehead atoms. The van der Waals surface area contributed by atoms with E-state index in [1.54, 1.807) is 12.4 Å². The zero-order chi connectivity index (χ0) is 14.5. The fourth-order valence-corrected chi connectivity index (χ4v) is 2.65. The van der Waals surface area contributed by atoms with Crippen LogP contribution in [0.3, 0.4) is 0 Å². The SMILES string of the molecule is Brc1cncc(-c2noc(CCOC3CCNCC3)n2)c1. The molecule has 7 heteroatoms. The third-order valence-electron chi connectivity index (χ3n) is 3.39. The van der Waals surface area contributed by atoms with Crippen molar-refractivity contribution in [2.75, 3.05) is 19.7 Å². The van der Waals surface area contributed by atoms with E-state index in [-0.39, 0.29) is 0 Å². The summed E-state index contributed by atoms with van der Waals surface area (Å²) in [4.78, 5) is 8.47. The first kappa shape index (κ1) is 14.6. The average Bonchev–Trinajstić information content (AvgIpc) is 2.97. The lowest BCUT2D eigenvalue weighted by Gasteiger charge is -2.22. The van der Waals surface area contributed by atoms with Gasteiger partial charge in [-0.1, -0.05) is 5.16 Å². The summed E-state index contributed by atoms with van der Waals surface area (Å²) in [5.74, 6) is 1.15. The van der Waals surface area contributed by atoms with E-state index < -0.39 is 0 Å². The van der Waals surface area contributed by atoms with Crippen molar-refractivity contribution in [3.05, 3.63) is 28.8 Å². The molecule has 0 amide bonds. The van der Waals surface area contributed by atoms with Crippen LogP contribution in [0, 0.1) is 0 Å². The van der Waals surface area contributed by atoms with Crippen LogP contribution in [0.2, 0.25) is 0 Å². The maximum atomic E-state index is 5.83. The summed E-state index contributed by atoms with van der Waals surface area (Å²) < 4.78 is 12.0. The van der Waals surface area contributed by atoms with Crippen molar-refractivity contribution in [3.8, 4) is 11.4 Å². The normalized spacial score (nSPS) is 16.2. The van der Waals surface area contributed by atoms with E-state index in [9.17, 15) is 0 Å². The highest BCUT2D eigenvalue weighted by Crippen LogP contribution is 2.19. The van der Waals surface area contributed by atoms with Gasteiger partial charge in [-0.05, 0) is 47.9 Å². The summed E-state index contributed by atoms with van der Waals surface area (Å²) in [7, 11) is 0. The summed E-state index contributed by atoms with van der Waals surface area (Å²) in [6.07, 6.45) is 6.56. The minimum absolute atomic E-state index is 0.350. The molecule has 21 heavy (non-hydrogen) atoms. The van der Waals surface area contributed by atoms with Gasteiger partial charge in [-0.3, -0.25) is 4.98 Å². The molecule has 0 unspecified atom stereocenters. The third-order valence-corrected chi connectivity index (χ3v) is 3.82. The lowest BCUT2D eigenvalue weighted by molar-refractivity contribution is 0.0322. The van der Waals surface area contributed by atoms with Gasteiger partial charge in [-0.25, -0.2) is 0 Å². The molecule has 1 fully saturated rings. The van der Waals surface area contributed by atoms with Crippen LogP contribution in [-0.2, 0) is 11.2 Å². The largest absolute Gasteiger partial charge is 0.378 e. The van der Waals surface area contributed by atoms with Crippen molar-refractivity contribution >= 4 is 15.9 Å². The molecule has 112 valence electrons. The summed E-state index contributed by atoms with van der Waals surface area (Å²) in [5.41, 5.74) is 0.832. The first-order valence-corrected chi connectivity index (χ1v) is 7.86. The third kappa shape index (κ3) is 4.09. The molecule has 0 radical (unpaired) electrons. The smallest absolute Gasteiger partial charge is 0.229 e. The Hall–Kier alpha value is -1.31. The van der Waals surface area contributed by atoms with Crippen molar-refractivity contribution in [2.45, 2.75) is 25.4 Å². The number of nitrogens with zero attached hydrogens (tertiary/aromatic N) is 3. The Morgan fingerprint density at radius 2 is 2.19 bits per heavy atom. The van der Waals surface area contributed by atoms with Crippen LogP contribution < -0.4 is 5.32 Å². The predicted molar refractivity (Wildman–Crippen MR) is 80.8 cm³/mol. The van der Waals surface area contributed by atoms with Gasteiger partial charge in [0.15, 0.2) is 0 Å². The van der Waals surface area contributed by atoms with E-state index in [4.69, 9.17) is 9.26 Å². The molecule has 6 nitrogen and oxygen atoms in total. The van der Waals surface area contributed by atoms with E-state index in [0.717, 1.165) is 36.0 Å². The Bertz CT molecular complexity index is 584. The molecular weight excluding hydrogens is 336 g/mol. The van der Waals surface area contributed by atoms with Crippen LogP contribution in [0.5, 0.6) is 0 Å². The van der Waals surface area contributed by atoms with Gasteiger partial charge >= 0.3 is 0 Å². The van der Waals surface area contributed by atoms with Crippen molar-refractivity contribution in [2.24, 2.45) is 0 Å². The number of rotatable bonds is 5. The second-order valence-electron chi connectivity index (χ2n) is 4.97. The molecule has 2 aromatic heterocycles. The molecule has 3 heterocycles. The number of nitrogens with one attached hydrogen (secondary N) is 1. The fraction of sp³-hybridized carbons (Fsp3) is 0.500. The van der Waals surface area contributed by atoms with Gasteiger partial charge < -0.3 is 14.6 Å². The standard InChI is InChI=1S/C14H17BrN4O2/c15-11-7-10(8-17-9-11)14-18-13(21-19-14)3-6-20-12-1-4-16-5-2-12/h7-9,12,16H,1-6H2. The predicted octanol–water partition coefficient (Wildman–Crippen LogP) is 2.21. The number of hydrogen-bond donors (Lipinski definition) is 1. The van der Waals surface area contributed by atoms with Crippen molar-refractivity contribution in [1.82, 2.24) is 20.4 Å². The second kappa shape index (κ2) is 7.11. The fourth-order valence-electron chi connectivity index (χ4n) is 2.28. The number of halogens is 1. The molecule has 0 spiro atoms. The van der Waals surface area contributed by atoms with Crippen molar-refractivity contribution in [1.29, 1.82) is 0 Å². The van der Waals surface area contributed by atoms with Crippen LogP contribution in [0.4, 0.5) is 0 Å². The maximum absolute atomic E-state index is 5.83. The number of aromatic nitrogens is 3. The summed E-state index contributed by atoms with van der Waals surface area (Å²) in [6.45, 7) is 2.68. The summed E-state index contributed by atoms with van der Waals surface area (Å²) in [6, 6.07) is 1.91. The Labute approximate surface area is 131 Å². The minimum atomic E-state index is 0.350. The van der Waals surface area contributed by atoms with Gasteiger partial charge in [0.25, 0.3) is 0 Å². The van der Waals surface area contributed by atoms with Gasteiger partial charge in [0, 0.05) is 22.4 Å². The highest BCUT2D eigenvalue weighted by molar-refractivity contribution is 9.10. The maximum Gasteiger partial charge on any atom is 0.229 e. The number of ether oxygens (including phenoxy) is 1. The Kier molecular flexibility index (Phi) is 4.95. The second-order valence-corrected chi connectivity index (χ2v) is 5.89. The lowest BCUT2D eigenvalue weighted by Crippen LogP contribution is -2.32. The average molecular weight is 353 g/mol. The highest BCUT2D eigenvalue weighted by atomic mass is 79.9. The molecule has 1 N–H and O–H groups in total. The van der Waals surface area contributed by atoms with E-state index in [2.05, 4.69) is 36.4 Å². The summed E-state index contributed by atoms with van der Waals surface area (Å²) in [5, 5.41) is 7.30. The topological polar surface area (TPSA) is 73.1 Å². The first-order chi connectivity index (χ1) is 10.3. The minimum Gasteiger partial charge on any atom is -0.378 e. The first-order valence-electron chi connectivity index (χ1n) is 7.07. The Balaban J connectivity index is 1.53. The quantitative estimate of drug-likeness (QED) is 0.889. The number of pyridine rings is 1. The van der Waals surface area contributed by atoms with Gasteiger partial charge in [0.1, 0.15) is 0 Å². The molecule has 0 aliphatic carbocycles. The number of piperidine rings is 1. The van der Waals surface area contributed by atoms with E-state index in [1.165, 1.54) is 0 Å². The molecule has 1 aliphatic heterocycles. The van der Waals surface area contributed by atoms with Crippen LogP contribution in [-0.4, -0.2) is 40.9 Å². The highest BCUT2D eigenvalue weighted by Gasteiger charge is 2.14. The van der Waals surface area contributed by atoms with Crippen LogP contribution in [0.25, 0.3) is 11.4 Å². The van der Waals surface area contributed by atoms with E-state index in [1.807, 2.05) is 6.07 Å². The molecule has 0 aromatic carbocycles. The van der Waals surface area contributed by atoms with Crippen LogP contribution in [0.1, 0.15) is 18.7 Å². The van der Waals surface area contributed by atoms with Gasteiger partial charge in [0.05, 0.1) is 19.1 Å². The molecule has 2 aromatic rings. The molecule has 0 atom stereocenters. The molecule has 3 rings (SSSR count). The van der Waals surface area contributed by atoms with Gasteiger partial charge in [-0.15, -0.1) is 0 Å². The molecule has 0 saturated carbocycles. The van der Waals surface area contributed by atoms with Gasteiger partial charge in [0.2, 0.25) is 11.7 Å². The Morgan fingerprint density at radius 1 is 1.33 bits per heavy atom. The van der Waals surface area contributed by atoms with Crippen LogP contribution >= 0.6 is 15.9 Å². The van der Waals surface area contributed by atoms with E-state index in [0.29, 0.717) is 30.8 Å². The van der Waals surface area contributed by atoms with E-state index >= 15 is 0 Å². The zero-order valence-electron chi connectivity index (χ0n) is 11.6. The molecule has 1 aliphatic rings. The monoisotopic (exact) mass is 352 g/mol. The van der Waals surface area contributed by atoms with Gasteiger partial charge in [-0.2, -0.15) is 4.98 Å². The number of hydrogen-bond acceptors (Lipinski definition) is 6. The zero-order valence-corrected chi connectivity index (χ0v) is 13.2. The molecule has 1 saturated heterocycles. The summed E-state index contributed by atoms with van der Waals surface area (Å²) >= 11 is 3.38. The molecular formula is C14H17BrN4O2.